The SMILES string of the molecule is CN1Cc2c(ccc(O)c2Cl)CC1CN. The van der Waals surface area contributed by atoms with Crippen LogP contribution in [0.1, 0.15) is 11.1 Å². The minimum atomic E-state index is 0.162. The molecule has 0 aromatic heterocycles. The summed E-state index contributed by atoms with van der Waals surface area (Å²) in [4.78, 5) is 2.17. The zero-order valence-electron chi connectivity index (χ0n) is 8.70. The number of nitrogens with zero attached hydrogens (tertiary/aromatic N) is 1. The Labute approximate surface area is 94.4 Å². The number of phenols is 1. The highest BCUT2D eigenvalue weighted by Crippen LogP contribution is 2.34. The molecule has 82 valence electrons. The lowest BCUT2D eigenvalue weighted by Gasteiger charge is -2.33. The molecule has 1 atom stereocenters. The highest BCUT2D eigenvalue weighted by Gasteiger charge is 2.24. The van der Waals surface area contributed by atoms with E-state index in [1.54, 1.807) is 6.07 Å². The molecule has 0 aliphatic carbocycles. The number of halogens is 1. The molecule has 0 bridgehead atoms. The first-order valence-electron chi connectivity index (χ1n) is 5.03. The molecule has 4 heteroatoms. The molecule has 1 aromatic carbocycles. The first kappa shape index (κ1) is 10.7. The summed E-state index contributed by atoms with van der Waals surface area (Å²) < 4.78 is 0. The molecule has 15 heavy (non-hydrogen) atoms. The van der Waals surface area contributed by atoms with E-state index in [9.17, 15) is 5.11 Å². The first-order valence-corrected chi connectivity index (χ1v) is 5.40. The van der Waals surface area contributed by atoms with Crippen LogP contribution in [0.15, 0.2) is 12.1 Å². The number of benzene rings is 1. The number of fused-ring (bicyclic) bond motifs is 1. The minimum absolute atomic E-state index is 0.162. The highest BCUT2D eigenvalue weighted by atomic mass is 35.5. The van der Waals surface area contributed by atoms with Crippen LogP contribution < -0.4 is 5.73 Å². The normalized spacial score (nSPS) is 21.4. The van der Waals surface area contributed by atoms with E-state index in [1.807, 2.05) is 13.1 Å². The Hall–Kier alpha value is -0.770. The van der Waals surface area contributed by atoms with Crippen LogP contribution in [0.3, 0.4) is 0 Å². The number of likely N-dealkylation sites (N-methyl/N-ethyl adjacent to an activating group) is 1. The van der Waals surface area contributed by atoms with Crippen LogP contribution in [0.25, 0.3) is 0 Å². The summed E-state index contributed by atoms with van der Waals surface area (Å²) >= 11 is 6.06. The van der Waals surface area contributed by atoms with Crippen LogP contribution in [-0.4, -0.2) is 29.6 Å². The van der Waals surface area contributed by atoms with E-state index in [4.69, 9.17) is 17.3 Å². The van der Waals surface area contributed by atoms with E-state index < -0.39 is 0 Å². The molecule has 3 nitrogen and oxygen atoms in total. The van der Waals surface area contributed by atoms with Crippen molar-refractivity contribution >= 4 is 11.6 Å². The number of nitrogens with two attached hydrogens (primary N) is 1. The molecule has 0 fully saturated rings. The lowest BCUT2D eigenvalue weighted by molar-refractivity contribution is 0.220. The second-order valence-corrected chi connectivity index (χ2v) is 4.42. The molecule has 0 amide bonds. The molecule has 1 aliphatic rings. The molecule has 0 radical (unpaired) electrons. The molecule has 1 unspecified atom stereocenters. The lowest BCUT2D eigenvalue weighted by Crippen LogP contribution is -2.42. The second-order valence-electron chi connectivity index (χ2n) is 4.05. The average molecular weight is 227 g/mol. The summed E-state index contributed by atoms with van der Waals surface area (Å²) in [5, 5.41) is 9.99. The average Bonchev–Trinajstić information content (AvgIpc) is 2.24. The standard InChI is InChI=1S/C11H15ClN2O/c1-14-6-9-7(4-8(14)5-13)2-3-10(15)11(9)12/h2-3,8,15H,4-6,13H2,1H3. The monoisotopic (exact) mass is 226 g/mol. The van der Waals surface area contributed by atoms with Crippen molar-refractivity contribution in [3.63, 3.8) is 0 Å². The van der Waals surface area contributed by atoms with Crippen LogP contribution >= 0.6 is 11.6 Å². The molecular formula is C11H15ClN2O. The van der Waals surface area contributed by atoms with Gasteiger partial charge in [-0.2, -0.15) is 0 Å². The fourth-order valence-corrected chi connectivity index (χ4v) is 2.31. The van der Waals surface area contributed by atoms with E-state index in [2.05, 4.69) is 4.90 Å². The number of rotatable bonds is 1. The van der Waals surface area contributed by atoms with Crippen molar-refractivity contribution in [2.75, 3.05) is 13.6 Å². The summed E-state index contributed by atoms with van der Waals surface area (Å²) in [5.41, 5.74) is 7.93. The van der Waals surface area contributed by atoms with Gasteiger partial charge >= 0.3 is 0 Å². The molecule has 1 heterocycles. The van der Waals surface area contributed by atoms with Crippen LogP contribution in [-0.2, 0) is 13.0 Å². The molecule has 1 aromatic rings. The first-order chi connectivity index (χ1) is 7.13. The van der Waals surface area contributed by atoms with Gasteiger partial charge in [0.1, 0.15) is 5.75 Å². The van der Waals surface area contributed by atoms with Gasteiger partial charge in [-0.05, 0) is 30.7 Å². The lowest BCUT2D eigenvalue weighted by atomic mass is 9.94. The molecule has 0 saturated carbocycles. The molecule has 0 saturated heterocycles. The molecular weight excluding hydrogens is 212 g/mol. The van der Waals surface area contributed by atoms with E-state index in [1.165, 1.54) is 5.56 Å². The van der Waals surface area contributed by atoms with Crippen molar-refractivity contribution in [1.29, 1.82) is 0 Å². The minimum Gasteiger partial charge on any atom is -0.506 e. The Balaban J connectivity index is 2.40. The van der Waals surface area contributed by atoms with Gasteiger partial charge in [0, 0.05) is 19.1 Å². The molecule has 2 rings (SSSR count). The number of hydrogen-bond acceptors (Lipinski definition) is 3. The quantitative estimate of drug-likeness (QED) is 0.760. The third kappa shape index (κ3) is 1.83. The van der Waals surface area contributed by atoms with Gasteiger partial charge in [0.2, 0.25) is 0 Å². The van der Waals surface area contributed by atoms with E-state index in [0.717, 1.165) is 18.5 Å². The van der Waals surface area contributed by atoms with Crippen molar-refractivity contribution in [3.8, 4) is 5.75 Å². The third-order valence-electron chi connectivity index (χ3n) is 3.08. The summed E-state index contributed by atoms with van der Waals surface area (Å²) in [5.74, 6) is 0.162. The van der Waals surface area contributed by atoms with Gasteiger partial charge in [-0.1, -0.05) is 17.7 Å². The van der Waals surface area contributed by atoms with Gasteiger partial charge in [0.15, 0.2) is 0 Å². The Bertz CT molecular complexity index is 381. The van der Waals surface area contributed by atoms with Gasteiger partial charge in [-0.25, -0.2) is 0 Å². The third-order valence-corrected chi connectivity index (χ3v) is 3.50. The van der Waals surface area contributed by atoms with Gasteiger partial charge in [0.25, 0.3) is 0 Å². The summed E-state index contributed by atoms with van der Waals surface area (Å²) in [6, 6.07) is 3.96. The Kier molecular flexibility index (Phi) is 2.87. The summed E-state index contributed by atoms with van der Waals surface area (Å²) in [6.07, 6.45) is 0.905. The smallest absolute Gasteiger partial charge is 0.134 e. The van der Waals surface area contributed by atoms with Crippen LogP contribution in [0.2, 0.25) is 5.02 Å². The van der Waals surface area contributed by atoms with Crippen LogP contribution in [0.5, 0.6) is 5.75 Å². The number of phenolic OH excluding ortho intramolecular Hbond substituents is 1. The summed E-state index contributed by atoms with van der Waals surface area (Å²) in [7, 11) is 2.03. The van der Waals surface area contributed by atoms with E-state index in [-0.39, 0.29) is 5.75 Å². The molecule has 0 spiro atoms. The van der Waals surface area contributed by atoms with Crippen LogP contribution in [0.4, 0.5) is 0 Å². The zero-order valence-corrected chi connectivity index (χ0v) is 9.46. The van der Waals surface area contributed by atoms with Crippen LogP contribution in [0, 0.1) is 0 Å². The predicted molar refractivity (Wildman–Crippen MR) is 61.1 cm³/mol. The van der Waals surface area contributed by atoms with Crippen molar-refractivity contribution in [2.24, 2.45) is 5.73 Å². The maximum absolute atomic E-state index is 9.51. The van der Waals surface area contributed by atoms with E-state index >= 15 is 0 Å². The van der Waals surface area contributed by atoms with Gasteiger partial charge in [-0.15, -0.1) is 0 Å². The number of aromatic hydroxyl groups is 1. The predicted octanol–water partition coefficient (Wildman–Crippen LogP) is 1.36. The fourth-order valence-electron chi connectivity index (χ4n) is 2.06. The summed E-state index contributed by atoms with van der Waals surface area (Å²) in [6.45, 7) is 1.40. The maximum atomic E-state index is 9.51. The van der Waals surface area contributed by atoms with Crippen molar-refractivity contribution in [3.05, 3.63) is 28.3 Å². The van der Waals surface area contributed by atoms with E-state index in [0.29, 0.717) is 17.6 Å². The van der Waals surface area contributed by atoms with Gasteiger partial charge in [-0.3, -0.25) is 4.90 Å². The maximum Gasteiger partial charge on any atom is 0.134 e. The Morgan fingerprint density at radius 1 is 1.60 bits per heavy atom. The fraction of sp³-hybridized carbons (Fsp3) is 0.455. The number of hydrogen-bond donors (Lipinski definition) is 2. The largest absolute Gasteiger partial charge is 0.506 e. The van der Waals surface area contributed by atoms with Gasteiger partial charge < -0.3 is 10.8 Å². The Morgan fingerprint density at radius 2 is 2.33 bits per heavy atom. The topological polar surface area (TPSA) is 49.5 Å². The zero-order chi connectivity index (χ0) is 11.0. The highest BCUT2D eigenvalue weighted by molar-refractivity contribution is 6.32. The van der Waals surface area contributed by atoms with Crippen molar-refractivity contribution < 1.29 is 5.11 Å². The molecule has 1 aliphatic heterocycles. The Morgan fingerprint density at radius 3 is 3.00 bits per heavy atom. The van der Waals surface area contributed by atoms with Crippen molar-refractivity contribution in [1.82, 2.24) is 4.90 Å². The van der Waals surface area contributed by atoms with Gasteiger partial charge in [0.05, 0.1) is 5.02 Å². The second kappa shape index (κ2) is 4.00. The van der Waals surface area contributed by atoms with Crippen molar-refractivity contribution in [2.45, 2.75) is 19.0 Å². The molecule has 3 N–H and O–H groups in total.